The molecular formula is C17H20F3N3S. The molecule has 130 valence electrons. The highest BCUT2D eigenvalue weighted by Gasteiger charge is 2.31. The molecule has 1 aliphatic rings. The molecule has 0 amide bonds. The molecule has 0 spiro atoms. The summed E-state index contributed by atoms with van der Waals surface area (Å²) in [5.41, 5.74) is 0.619. The minimum Gasteiger partial charge on any atom is -0.357 e. The first-order valence-corrected chi connectivity index (χ1v) is 8.86. The molecule has 1 aliphatic heterocycles. The summed E-state index contributed by atoms with van der Waals surface area (Å²) in [6, 6.07) is 5.13. The van der Waals surface area contributed by atoms with Gasteiger partial charge < -0.3 is 10.2 Å². The number of nitrogens with one attached hydrogen (secondary N) is 1. The lowest BCUT2D eigenvalue weighted by Crippen LogP contribution is -2.42. The Kier molecular flexibility index (Phi) is 5.10. The Morgan fingerprint density at radius 1 is 1.25 bits per heavy atom. The summed E-state index contributed by atoms with van der Waals surface area (Å²) in [6.45, 7) is 4.61. The number of rotatable bonds is 4. The van der Waals surface area contributed by atoms with Gasteiger partial charge in [0, 0.05) is 36.8 Å². The van der Waals surface area contributed by atoms with Crippen LogP contribution in [0.15, 0.2) is 29.8 Å². The molecule has 0 radical (unpaired) electrons. The Bertz CT molecular complexity index is 658. The smallest absolute Gasteiger partial charge is 0.357 e. The van der Waals surface area contributed by atoms with Gasteiger partial charge in [-0.1, -0.05) is 0 Å². The maximum absolute atomic E-state index is 12.6. The SMILES string of the molecule is Cc1ccsc1CNC1CCN(c2ccc(C(F)(F)F)cn2)CC1. The zero-order valence-electron chi connectivity index (χ0n) is 13.4. The summed E-state index contributed by atoms with van der Waals surface area (Å²) >= 11 is 1.76. The monoisotopic (exact) mass is 355 g/mol. The van der Waals surface area contributed by atoms with Gasteiger partial charge in [-0.25, -0.2) is 4.98 Å². The number of nitrogens with zero attached hydrogens (tertiary/aromatic N) is 2. The van der Waals surface area contributed by atoms with Crippen molar-refractivity contribution in [3.05, 3.63) is 45.8 Å². The Labute approximate surface area is 143 Å². The normalized spacial score (nSPS) is 16.6. The number of anilines is 1. The maximum atomic E-state index is 12.6. The van der Waals surface area contributed by atoms with Crippen molar-refractivity contribution < 1.29 is 13.2 Å². The van der Waals surface area contributed by atoms with Crippen LogP contribution in [-0.4, -0.2) is 24.1 Å². The lowest BCUT2D eigenvalue weighted by atomic mass is 10.0. The predicted octanol–water partition coefficient (Wildman–Crippen LogP) is 4.23. The Morgan fingerprint density at radius 3 is 2.54 bits per heavy atom. The molecule has 1 N–H and O–H groups in total. The van der Waals surface area contributed by atoms with Crippen LogP contribution >= 0.6 is 11.3 Å². The molecule has 0 aliphatic carbocycles. The molecule has 2 aromatic rings. The van der Waals surface area contributed by atoms with Crippen LogP contribution in [-0.2, 0) is 12.7 Å². The molecule has 0 unspecified atom stereocenters. The van der Waals surface area contributed by atoms with E-state index in [1.54, 1.807) is 11.3 Å². The van der Waals surface area contributed by atoms with E-state index in [2.05, 4.69) is 33.6 Å². The number of halogens is 3. The zero-order chi connectivity index (χ0) is 17.2. The van der Waals surface area contributed by atoms with Crippen LogP contribution in [0.1, 0.15) is 28.8 Å². The standard InChI is InChI=1S/C17H20F3N3S/c1-12-6-9-24-15(12)11-21-14-4-7-23(8-5-14)16-3-2-13(10-22-16)17(18,19)20/h2-3,6,9-10,14,21H,4-5,7-8,11H2,1H3. The van der Waals surface area contributed by atoms with Gasteiger partial charge in [0.15, 0.2) is 0 Å². The topological polar surface area (TPSA) is 28.2 Å². The van der Waals surface area contributed by atoms with Crippen molar-refractivity contribution in [3.63, 3.8) is 0 Å². The van der Waals surface area contributed by atoms with Crippen molar-refractivity contribution in [2.75, 3.05) is 18.0 Å². The average molecular weight is 355 g/mol. The summed E-state index contributed by atoms with van der Waals surface area (Å²) < 4.78 is 37.7. The summed E-state index contributed by atoms with van der Waals surface area (Å²) in [7, 11) is 0. The first kappa shape index (κ1) is 17.2. The molecule has 24 heavy (non-hydrogen) atoms. The summed E-state index contributed by atoms with van der Waals surface area (Å²) in [6.07, 6.45) is -1.48. The molecule has 1 saturated heterocycles. The number of aryl methyl sites for hydroxylation is 1. The second-order valence-corrected chi connectivity index (χ2v) is 7.07. The van der Waals surface area contributed by atoms with Gasteiger partial charge in [-0.2, -0.15) is 13.2 Å². The van der Waals surface area contributed by atoms with Crippen molar-refractivity contribution in [2.45, 2.75) is 38.5 Å². The van der Waals surface area contributed by atoms with E-state index >= 15 is 0 Å². The van der Waals surface area contributed by atoms with Gasteiger partial charge in [-0.15, -0.1) is 11.3 Å². The summed E-state index contributed by atoms with van der Waals surface area (Å²) in [4.78, 5) is 7.39. The fraction of sp³-hybridized carbons (Fsp3) is 0.471. The molecule has 7 heteroatoms. The van der Waals surface area contributed by atoms with Crippen LogP contribution in [0, 0.1) is 6.92 Å². The predicted molar refractivity (Wildman–Crippen MR) is 90.4 cm³/mol. The summed E-state index contributed by atoms with van der Waals surface area (Å²) in [5.74, 6) is 0.621. The maximum Gasteiger partial charge on any atom is 0.417 e. The van der Waals surface area contributed by atoms with Crippen molar-refractivity contribution in [3.8, 4) is 0 Å². The number of thiophene rings is 1. The number of alkyl halides is 3. The van der Waals surface area contributed by atoms with Crippen LogP contribution in [0.5, 0.6) is 0 Å². The molecule has 0 saturated carbocycles. The molecule has 3 rings (SSSR count). The first-order chi connectivity index (χ1) is 11.4. The number of hydrogen-bond acceptors (Lipinski definition) is 4. The van der Waals surface area contributed by atoms with E-state index in [4.69, 9.17) is 0 Å². The van der Waals surface area contributed by atoms with E-state index in [0.717, 1.165) is 44.7 Å². The number of hydrogen-bond donors (Lipinski definition) is 1. The highest BCUT2D eigenvalue weighted by atomic mass is 32.1. The third kappa shape index (κ3) is 4.08. The Morgan fingerprint density at radius 2 is 2.00 bits per heavy atom. The second-order valence-electron chi connectivity index (χ2n) is 6.07. The van der Waals surface area contributed by atoms with E-state index < -0.39 is 11.7 Å². The lowest BCUT2D eigenvalue weighted by Gasteiger charge is -2.33. The molecule has 0 atom stereocenters. The highest BCUT2D eigenvalue weighted by Crippen LogP contribution is 2.29. The molecule has 3 heterocycles. The quantitative estimate of drug-likeness (QED) is 0.890. The van der Waals surface area contributed by atoms with Gasteiger partial charge in [0.1, 0.15) is 5.82 Å². The van der Waals surface area contributed by atoms with E-state index in [0.29, 0.717) is 11.9 Å². The number of aromatic nitrogens is 1. The van der Waals surface area contributed by atoms with E-state index in [1.807, 2.05) is 0 Å². The van der Waals surface area contributed by atoms with Crippen molar-refractivity contribution >= 4 is 17.2 Å². The largest absolute Gasteiger partial charge is 0.417 e. The van der Waals surface area contributed by atoms with Crippen molar-refractivity contribution in [1.29, 1.82) is 0 Å². The molecule has 0 aromatic carbocycles. The fourth-order valence-corrected chi connectivity index (χ4v) is 3.73. The second kappa shape index (κ2) is 7.11. The third-order valence-electron chi connectivity index (χ3n) is 4.41. The van der Waals surface area contributed by atoms with Gasteiger partial charge >= 0.3 is 6.18 Å². The van der Waals surface area contributed by atoms with Crippen LogP contribution in [0.3, 0.4) is 0 Å². The molecule has 1 fully saturated rings. The number of pyridine rings is 1. The molecule has 2 aromatic heterocycles. The van der Waals surface area contributed by atoms with Crippen LogP contribution in [0.4, 0.5) is 19.0 Å². The molecule has 3 nitrogen and oxygen atoms in total. The number of piperidine rings is 1. The highest BCUT2D eigenvalue weighted by molar-refractivity contribution is 7.10. The Hall–Kier alpha value is -1.60. The van der Waals surface area contributed by atoms with Gasteiger partial charge in [-0.05, 0) is 48.9 Å². The van der Waals surface area contributed by atoms with Gasteiger partial charge in [0.05, 0.1) is 5.56 Å². The lowest BCUT2D eigenvalue weighted by molar-refractivity contribution is -0.137. The minimum absolute atomic E-state index is 0.442. The van der Waals surface area contributed by atoms with E-state index in [9.17, 15) is 13.2 Å². The van der Waals surface area contributed by atoms with Crippen LogP contribution in [0.25, 0.3) is 0 Å². The Balaban J connectivity index is 1.50. The summed E-state index contributed by atoms with van der Waals surface area (Å²) in [5, 5.41) is 5.68. The van der Waals surface area contributed by atoms with Crippen molar-refractivity contribution in [2.24, 2.45) is 0 Å². The minimum atomic E-state index is -4.33. The van der Waals surface area contributed by atoms with Gasteiger partial charge in [0.2, 0.25) is 0 Å². The van der Waals surface area contributed by atoms with E-state index in [1.165, 1.54) is 16.5 Å². The zero-order valence-corrected chi connectivity index (χ0v) is 14.3. The molecule has 0 bridgehead atoms. The first-order valence-electron chi connectivity index (χ1n) is 7.98. The fourth-order valence-electron chi connectivity index (χ4n) is 2.88. The van der Waals surface area contributed by atoms with Crippen LogP contribution < -0.4 is 10.2 Å². The van der Waals surface area contributed by atoms with Crippen molar-refractivity contribution in [1.82, 2.24) is 10.3 Å². The van der Waals surface area contributed by atoms with E-state index in [-0.39, 0.29) is 0 Å². The molecular weight excluding hydrogens is 335 g/mol. The van der Waals surface area contributed by atoms with Gasteiger partial charge in [0.25, 0.3) is 0 Å². The third-order valence-corrected chi connectivity index (χ3v) is 5.44. The van der Waals surface area contributed by atoms with Crippen LogP contribution in [0.2, 0.25) is 0 Å². The average Bonchev–Trinajstić information content (AvgIpc) is 2.98. The van der Waals surface area contributed by atoms with Gasteiger partial charge in [-0.3, -0.25) is 0 Å².